The number of carbonyl (C=O) groups excluding carboxylic acids is 1. The van der Waals surface area contributed by atoms with E-state index in [0.717, 1.165) is 23.1 Å². The summed E-state index contributed by atoms with van der Waals surface area (Å²) in [6.45, 7) is 3.01. The number of aryl methyl sites for hydroxylation is 1. The van der Waals surface area contributed by atoms with Crippen molar-refractivity contribution in [3.63, 3.8) is 0 Å². The zero-order chi connectivity index (χ0) is 18.3. The van der Waals surface area contributed by atoms with Crippen LogP contribution >= 0.6 is 23.2 Å². The van der Waals surface area contributed by atoms with Gasteiger partial charge in [-0.15, -0.1) is 0 Å². The Balaban J connectivity index is 1.76. The van der Waals surface area contributed by atoms with Gasteiger partial charge in [-0.25, -0.2) is 0 Å². The molecule has 0 aliphatic heterocycles. The van der Waals surface area contributed by atoms with Crippen LogP contribution in [0.5, 0.6) is 0 Å². The Hall–Kier alpha value is -2.49. The summed E-state index contributed by atoms with van der Waals surface area (Å²) in [6, 6.07) is 19.1. The molecule has 0 saturated carbocycles. The third-order valence-corrected chi connectivity index (χ3v) is 5.07. The lowest BCUT2D eigenvalue weighted by molar-refractivity contribution is 0.102. The lowest BCUT2D eigenvalue weighted by Gasteiger charge is -2.08. The molecule has 0 aliphatic rings. The highest BCUT2D eigenvalue weighted by Crippen LogP contribution is 2.31. The molecule has 4 rings (SSSR count). The van der Waals surface area contributed by atoms with Crippen molar-refractivity contribution in [3.8, 4) is 0 Å². The molecule has 1 amide bonds. The van der Waals surface area contributed by atoms with E-state index >= 15 is 0 Å². The van der Waals surface area contributed by atoms with Crippen LogP contribution < -0.4 is 5.32 Å². The number of nitrogens with one attached hydrogen (secondary N) is 1. The number of para-hydroxylation sites is 1. The molecule has 0 fully saturated rings. The van der Waals surface area contributed by atoms with Crippen molar-refractivity contribution in [2.24, 2.45) is 0 Å². The molecule has 0 spiro atoms. The highest BCUT2D eigenvalue weighted by atomic mass is 35.5. The Bertz CT molecular complexity index is 1150. The summed E-state index contributed by atoms with van der Waals surface area (Å²) in [5.74, 6) is -0.259. The number of nitrogens with zero attached hydrogens (tertiary/aromatic N) is 1. The number of fused-ring (bicyclic) bond motifs is 3. The SMILES string of the molecule is CCn1c2ccccc2c2cc(NC(=O)c3ccc(Cl)cc3Cl)ccc21. The average Bonchev–Trinajstić information content (AvgIpc) is 2.94. The third-order valence-electron chi connectivity index (χ3n) is 4.52. The fraction of sp³-hybridized carbons (Fsp3) is 0.0952. The van der Waals surface area contributed by atoms with E-state index in [9.17, 15) is 4.79 Å². The lowest BCUT2D eigenvalue weighted by atomic mass is 10.1. The van der Waals surface area contributed by atoms with E-state index in [1.807, 2.05) is 30.3 Å². The van der Waals surface area contributed by atoms with Gasteiger partial charge in [-0.3, -0.25) is 4.79 Å². The van der Waals surface area contributed by atoms with Gasteiger partial charge < -0.3 is 9.88 Å². The minimum Gasteiger partial charge on any atom is -0.341 e. The highest BCUT2D eigenvalue weighted by molar-refractivity contribution is 6.37. The molecule has 26 heavy (non-hydrogen) atoms. The largest absolute Gasteiger partial charge is 0.341 e. The van der Waals surface area contributed by atoms with E-state index in [-0.39, 0.29) is 5.91 Å². The van der Waals surface area contributed by atoms with E-state index in [2.05, 4.69) is 28.9 Å². The van der Waals surface area contributed by atoms with Gasteiger partial charge in [-0.2, -0.15) is 0 Å². The van der Waals surface area contributed by atoms with Crippen LogP contribution in [0.15, 0.2) is 60.7 Å². The molecule has 0 bridgehead atoms. The Morgan fingerprint density at radius 3 is 2.50 bits per heavy atom. The van der Waals surface area contributed by atoms with Gasteiger partial charge in [0.2, 0.25) is 0 Å². The van der Waals surface area contributed by atoms with Crippen LogP contribution in [0.1, 0.15) is 17.3 Å². The maximum atomic E-state index is 12.6. The van der Waals surface area contributed by atoms with Crippen molar-refractivity contribution in [1.29, 1.82) is 0 Å². The van der Waals surface area contributed by atoms with Crippen molar-refractivity contribution < 1.29 is 4.79 Å². The van der Waals surface area contributed by atoms with E-state index < -0.39 is 0 Å². The molecule has 0 unspecified atom stereocenters. The van der Waals surface area contributed by atoms with Gasteiger partial charge in [0.15, 0.2) is 0 Å². The molecule has 3 aromatic carbocycles. The first kappa shape index (κ1) is 17.0. The number of hydrogen-bond donors (Lipinski definition) is 1. The van der Waals surface area contributed by atoms with Gasteiger partial charge in [0, 0.05) is 39.1 Å². The van der Waals surface area contributed by atoms with Crippen LogP contribution in [0.4, 0.5) is 5.69 Å². The lowest BCUT2D eigenvalue weighted by Crippen LogP contribution is -2.12. The van der Waals surface area contributed by atoms with E-state index in [0.29, 0.717) is 15.6 Å². The maximum absolute atomic E-state index is 12.6. The van der Waals surface area contributed by atoms with Crippen LogP contribution in [-0.2, 0) is 6.54 Å². The van der Waals surface area contributed by atoms with E-state index in [1.54, 1.807) is 18.2 Å². The first-order valence-electron chi connectivity index (χ1n) is 8.36. The summed E-state index contributed by atoms with van der Waals surface area (Å²) >= 11 is 12.0. The summed E-state index contributed by atoms with van der Waals surface area (Å²) in [5.41, 5.74) is 3.46. The molecule has 3 nitrogen and oxygen atoms in total. The third kappa shape index (κ3) is 2.83. The monoisotopic (exact) mass is 382 g/mol. The number of carbonyl (C=O) groups is 1. The van der Waals surface area contributed by atoms with Crippen molar-refractivity contribution in [2.75, 3.05) is 5.32 Å². The van der Waals surface area contributed by atoms with Crippen LogP contribution in [0.25, 0.3) is 21.8 Å². The van der Waals surface area contributed by atoms with Gasteiger partial charge in [-0.1, -0.05) is 41.4 Å². The fourth-order valence-corrected chi connectivity index (χ4v) is 3.84. The molecular formula is C21H16Cl2N2O. The molecule has 0 aliphatic carbocycles. The van der Waals surface area contributed by atoms with Crippen molar-refractivity contribution in [1.82, 2.24) is 4.57 Å². The van der Waals surface area contributed by atoms with Crippen LogP contribution in [0.3, 0.4) is 0 Å². The summed E-state index contributed by atoms with van der Waals surface area (Å²) < 4.78 is 2.27. The second-order valence-electron chi connectivity index (χ2n) is 6.07. The summed E-state index contributed by atoms with van der Waals surface area (Å²) in [5, 5.41) is 6.04. The topological polar surface area (TPSA) is 34.0 Å². The predicted octanol–water partition coefficient (Wildman–Crippen LogP) is 6.37. The average molecular weight is 383 g/mol. The highest BCUT2D eigenvalue weighted by Gasteiger charge is 2.13. The second-order valence-corrected chi connectivity index (χ2v) is 6.92. The zero-order valence-corrected chi connectivity index (χ0v) is 15.6. The molecule has 0 saturated heterocycles. The van der Waals surface area contributed by atoms with Crippen molar-refractivity contribution in [2.45, 2.75) is 13.5 Å². The Labute approximate surface area is 161 Å². The molecule has 1 heterocycles. The van der Waals surface area contributed by atoms with Gasteiger partial charge in [-0.05, 0) is 49.4 Å². The van der Waals surface area contributed by atoms with Gasteiger partial charge in [0.1, 0.15) is 0 Å². The number of halogens is 2. The maximum Gasteiger partial charge on any atom is 0.257 e. The second kappa shape index (κ2) is 6.67. The first-order valence-corrected chi connectivity index (χ1v) is 9.11. The van der Waals surface area contributed by atoms with Gasteiger partial charge in [0.25, 0.3) is 5.91 Å². The molecule has 130 valence electrons. The Kier molecular flexibility index (Phi) is 4.35. The summed E-state index contributed by atoms with van der Waals surface area (Å²) in [7, 11) is 0. The number of aromatic nitrogens is 1. The number of hydrogen-bond acceptors (Lipinski definition) is 1. The molecular weight excluding hydrogens is 367 g/mol. The van der Waals surface area contributed by atoms with Crippen LogP contribution in [-0.4, -0.2) is 10.5 Å². The van der Waals surface area contributed by atoms with Crippen molar-refractivity contribution >= 4 is 56.6 Å². The number of amides is 1. The van der Waals surface area contributed by atoms with Gasteiger partial charge in [0.05, 0.1) is 10.6 Å². The minimum atomic E-state index is -0.259. The molecule has 0 atom stereocenters. The normalized spacial score (nSPS) is 11.2. The number of benzene rings is 3. The minimum absolute atomic E-state index is 0.259. The Morgan fingerprint density at radius 2 is 1.73 bits per heavy atom. The summed E-state index contributed by atoms with van der Waals surface area (Å²) in [4.78, 5) is 12.6. The van der Waals surface area contributed by atoms with E-state index in [4.69, 9.17) is 23.2 Å². The molecule has 1 aromatic heterocycles. The van der Waals surface area contributed by atoms with Crippen LogP contribution in [0, 0.1) is 0 Å². The molecule has 4 aromatic rings. The standard InChI is InChI=1S/C21H16Cl2N2O/c1-2-25-19-6-4-3-5-15(19)17-12-14(8-10-20(17)25)24-21(26)16-9-7-13(22)11-18(16)23/h3-12H,2H2,1H3,(H,24,26). The first-order chi connectivity index (χ1) is 12.6. The number of rotatable bonds is 3. The smallest absolute Gasteiger partial charge is 0.257 e. The van der Waals surface area contributed by atoms with E-state index in [1.165, 1.54) is 10.9 Å². The zero-order valence-electron chi connectivity index (χ0n) is 14.1. The fourth-order valence-electron chi connectivity index (χ4n) is 3.34. The summed E-state index contributed by atoms with van der Waals surface area (Å²) in [6.07, 6.45) is 0. The molecule has 1 N–H and O–H groups in total. The molecule has 5 heteroatoms. The Morgan fingerprint density at radius 1 is 0.962 bits per heavy atom. The van der Waals surface area contributed by atoms with Crippen LogP contribution in [0.2, 0.25) is 10.0 Å². The quantitative estimate of drug-likeness (QED) is 0.438. The number of anilines is 1. The van der Waals surface area contributed by atoms with Gasteiger partial charge >= 0.3 is 0 Å². The van der Waals surface area contributed by atoms with Crippen molar-refractivity contribution in [3.05, 3.63) is 76.3 Å². The molecule has 0 radical (unpaired) electrons. The predicted molar refractivity (Wildman–Crippen MR) is 110 cm³/mol.